The van der Waals surface area contributed by atoms with E-state index in [-0.39, 0.29) is 16.8 Å². The van der Waals surface area contributed by atoms with Crippen molar-refractivity contribution >= 4 is 28.6 Å². The van der Waals surface area contributed by atoms with Crippen molar-refractivity contribution in [3.63, 3.8) is 0 Å². The predicted molar refractivity (Wildman–Crippen MR) is 102 cm³/mol. The van der Waals surface area contributed by atoms with Crippen molar-refractivity contribution in [2.24, 2.45) is 0 Å². The Hall–Kier alpha value is -2.60. The molecule has 6 heteroatoms. The minimum atomic E-state index is -0.334. The Morgan fingerprint density at radius 3 is 2.69 bits per heavy atom. The number of ether oxygens (including phenoxy) is 1. The largest absolute Gasteiger partial charge is 0.465 e. The van der Waals surface area contributed by atoms with Crippen LogP contribution >= 0.6 is 11.8 Å². The van der Waals surface area contributed by atoms with Crippen molar-refractivity contribution in [3.8, 4) is 5.69 Å². The number of carbonyl (C=O) groups excluding carboxylic acids is 1. The van der Waals surface area contributed by atoms with Gasteiger partial charge in [0.15, 0.2) is 5.16 Å². The van der Waals surface area contributed by atoms with E-state index in [2.05, 4.69) is 0 Å². The number of thioether (sulfide) groups is 1. The van der Waals surface area contributed by atoms with E-state index in [4.69, 9.17) is 9.72 Å². The number of aromatic nitrogens is 2. The number of rotatable bonds is 3. The van der Waals surface area contributed by atoms with E-state index in [1.54, 1.807) is 10.6 Å². The lowest BCUT2D eigenvalue weighted by atomic mass is 10.1. The summed E-state index contributed by atoms with van der Waals surface area (Å²) in [7, 11) is 0. The maximum absolute atomic E-state index is 13.3. The van der Waals surface area contributed by atoms with Crippen LogP contribution in [0, 0.1) is 13.8 Å². The topological polar surface area (TPSA) is 61.2 Å². The van der Waals surface area contributed by atoms with Crippen molar-refractivity contribution in [1.82, 2.24) is 9.55 Å². The standard InChI is InChI=1S/C20H18N2O3S/c1-12-6-5-9-16(13(12)2)22-18(23)14-7-3-4-8-15(14)21-20(22)26-17-10-11-25-19(17)24/h3-9,17H,10-11H2,1-2H3. The van der Waals surface area contributed by atoms with E-state index >= 15 is 0 Å². The van der Waals surface area contributed by atoms with Crippen LogP contribution < -0.4 is 5.56 Å². The fourth-order valence-electron chi connectivity index (χ4n) is 3.09. The Kier molecular flexibility index (Phi) is 4.28. The Morgan fingerprint density at radius 1 is 1.12 bits per heavy atom. The molecule has 0 bridgehead atoms. The number of para-hydroxylation sites is 1. The number of nitrogens with zero attached hydrogens (tertiary/aromatic N) is 2. The van der Waals surface area contributed by atoms with Crippen LogP contribution in [0.15, 0.2) is 52.4 Å². The van der Waals surface area contributed by atoms with E-state index < -0.39 is 0 Å². The zero-order chi connectivity index (χ0) is 18.3. The molecular weight excluding hydrogens is 348 g/mol. The highest BCUT2D eigenvalue weighted by molar-refractivity contribution is 8.00. The number of cyclic esters (lactones) is 1. The Morgan fingerprint density at radius 2 is 1.92 bits per heavy atom. The molecule has 4 rings (SSSR count). The highest BCUT2D eigenvalue weighted by atomic mass is 32.2. The second kappa shape index (κ2) is 6.61. The van der Waals surface area contributed by atoms with Gasteiger partial charge in [0.05, 0.1) is 23.2 Å². The van der Waals surface area contributed by atoms with Crippen LogP contribution in [0.3, 0.4) is 0 Å². The molecule has 0 saturated carbocycles. The van der Waals surface area contributed by atoms with Crippen molar-refractivity contribution in [2.75, 3.05) is 6.61 Å². The second-order valence-electron chi connectivity index (χ2n) is 6.33. The molecule has 1 aliphatic heterocycles. The molecule has 1 atom stereocenters. The molecule has 0 aliphatic carbocycles. The minimum Gasteiger partial charge on any atom is -0.465 e. The molecule has 132 valence electrons. The first-order chi connectivity index (χ1) is 12.6. The average molecular weight is 366 g/mol. The van der Waals surface area contributed by atoms with Gasteiger partial charge < -0.3 is 4.74 Å². The fraction of sp³-hybridized carbons (Fsp3) is 0.250. The SMILES string of the molecule is Cc1cccc(-n2c(SC3CCOC3=O)nc3ccccc3c2=O)c1C. The number of hydrogen-bond acceptors (Lipinski definition) is 5. The summed E-state index contributed by atoms with van der Waals surface area (Å²) in [6, 6.07) is 13.1. The van der Waals surface area contributed by atoms with Crippen LogP contribution in [0.4, 0.5) is 0 Å². The molecule has 1 aliphatic rings. The van der Waals surface area contributed by atoms with Crippen LogP contribution in [-0.4, -0.2) is 27.4 Å². The summed E-state index contributed by atoms with van der Waals surface area (Å²) in [6.07, 6.45) is 0.624. The van der Waals surface area contributed by atoms with E-state index in [1.807, 2.05) is 50.2 Å². The van der Waals surface area contributed by atoms with Crippen LogP contribution in [0.2, 0.25) is 0 Å². The lowest BCUT2D eigenvalue weighted by molar-refractivity contribution is -0.137. The smallest absolute Gasteiger partial charge is 0.319 e. The molecule has 2 heterocycles. The third-order valence-electron chi connectivity index (χ3n) is 4.70. The first-order valence-electron chi connectivity index (χ1n) is 8.48. The van der Waals surface area contributed by atoms with Gasteiger partial charge in [0.2, 0.25) is 0 Å². The Balaban J connectivity index is 1.98. The Bertz CT molecular complexity index is 1070. The summed E-state index contributed by atoms with van der Waals surface area (Å²) in [5.41, 5.74) is 3.41. The first-order valence-corrected chi connectivity index (χ1v) is 9.36. The van der Waals surface area contributed by atoms with Gasteiger partial charge in [-0.2, -0.15) is 0 Å². The minimum absolute atomic E-state index is 0.127. The van der Waals surface area contributed by atoms with Crippen LogP contribution in [-0.2, 0) is 9.53 Å². The zero-order valence-corrected chi connectivity index (χ0v) is 15.4. The van der Waals surface area contributed by atoms with Gasteiger partial charge in [-0.1, -0.05) is 36.0 Å². The molecule has 1 saturated heterocycles. The maximum Gasteiger partial charge on any atom is 0.319 e. The van der Waals surface area contributed by atoms with Gasteiger partial charge in [-0.3, -0.25) is 14.2 Å². The van der Waals surface area contributed by atoms with Gasteiger partial charge in [-0.05, 0) is 43.2 Å². The monoisotopic (exact) mass is 366 g/mol. The molecule has 3 aromatic rings. The van der Waals surface area contributed by atoms with E-state index in [0.717, 1.165) is 16.8 Å². The summed E-state index contributed by atoms with van der Waals surface area (Å²) in [6.45, 7) is 4.42. The predicted octanol–water partition coefficient (Wildman–Crippen LogP) is 3.41. The number of benzene rings is 2. The lowest BCUT2D eigenvalue weighted by Crippen LogP contribution is -2.24. The molecule has 1 fully saturated rings. The maximum atomic E-state index is 13.3. The van der Waals surface area contributed by atoms with Crippen molar-refractivity contribution < 1.29 is 9.53 Å². The van der Waals surface area contributed by atoms with Gasteiger partial charge >= 0.3 is 5.97 Å². The van der Waals surface area contributed by atoms with E-state index in [9.17, 15) is 9.59 Å². The molecule has 0 spiro atoms. The van der Waals surface area contributed by atoms with Crippen molar-refractivity contribution in [2.45, 2.75) is 30.7 Å². The van der Waals surface area contributed by atoms with Gasteiger partial charge in [0, 0.05) is 6.42 Å². The van der Waals surface area contributed by atoms with Gasteiger partial charge in [0.25, 0.3) is 5.56 Å². The summed E-state index contributed by atoms with van der Waals surface area (Å²) >= 11 is 1.30. The molecule has 0 N–H and O–H groups in total. The van der Waals surface area contributed by atoms with Crippen LogP contribution in [0.1, 0.15) is 17.5 Å². The third-order valence-corrected chi connectivity index (χ3v) is 5.89. The quantitative estimate of drug-likeness (QED) is 0.525. The van der Waals surface area contributed by atoms with Crippen molar-refractivity contribution in [1.29, 1.82) is 0 Å². The zero-order valence-electron chi connectivity index (χ0n) is 14.6. The number of hydrogen-bond donors (Lipinski definition) is 0. The number of esters is 1. The van der Waals surface area contributed by atoms with Crippen molar-refractivity contribution in [3.05, 3.63) is 63.9 Å². The van der Waals surface area contributed by atoms with Gasteiger partial charge in [0.1, 0.15) is 5.25 Å². The van der Waals surface area contributed by atoms with Crippen LogP contribution in [0.5, 0.6) is 0 Å². The van der Waals surface area contributed by atoms with Gasteiger partial charge in [-0.25, -0.2) is 4.98 Å². The molecule has 1 unspecified atom stereocenters. The number of fused-ring (bicyclic) bond motifs is 1. The first kappa shape index (κ1) is 16.8. The van der Waals surface area contributed by atoms with E-state index in [0.29, 0.717) is 29.1 Å². The van der Waals surface area contributed by atoms with Gasteiger partial charge in [-0.15, -0.1) is 0 Å². The highest BCUT2D eigenvalue weighted by Gasteiger charge is 2.30. The highest BCUT2D eigenvalue weighted by Crippen LogP contribution is 2.31. The molecule has 0 amide bonds. The van der Waals surface area contributed by atoms with E-state index in [1.165, 1.54) is 11.8 Å². The summed E-state index contributed by atoms with van der Waals surface area (Å²) in [5.74, 6) is -0.245. The third kappa shape index (κ3) is 2.80. The molecule has 5 nitrogen and oxygen atoms in total. The summed E-state index contributed by atoms with van der Waals surface area (Å²) in [4.78, 5) is 29.9. The molecule has 1 aromatic heterocycles. The number of carbonyl (C=O) groups is 1. The molecule has 26 heavy (non-hydrogen) atoms. The second-order valence-corrected chi connectivity index (χ2v) is 7.50. The average Bonchev–Trinajstić information content (AvgIpc) is 3.03. The number of aryl methyl sites for hydroxylation is 1. The Labute approximate surface area is 155 Å². The molecular formula is C20H18N2O3S. The lowest BCUT2D eigenvalue weighted by Gasteiger charge is -2.17. The molecule has 2 aromatic carbocycles. The fourth-order valence-corrected chi connectivity index (χ4v) is 4.16. The summed E-state index contributed by atoms with van der Waals surface area (Å²) in [5, 5.41) is 0.748. The normalized spacial score (nSPS) is 16.8. The molecule has 0 radical (unpaired) electrons. The summed E-state index contributed by atoms with van der Waals surface area (Å²) < 4.78 is 6.69. The van der Waals surface area contributed by atoms with Crippen LogP contribution in [0.25, 0.3) is 16.6 Å².